The lowest BCUT2D eigenvalue weighted by molar-refractivity contribution is -0.140. The first-order chi connectivity index (χ1) is 13.3. The fourth-order valence-electron chi connectivity index (χ4n) is 3.91. The molecule has 0 aliphatic heterocycles. The van der Waals surface area contributed by atoms with Gasteiger partial charge in [0.15, 0.2) is 0 Å². The number of methoxy groups -OCH3 is 1. The molecule has 1 aromatic carbocycles. The minimum absolute atomic E-state index is 0.00788. The Balaban J connectivity index is 2.00. The molecule has 2 rings (SSSR count). The lowest BCUT2D eigenvalue weighted by Crippen LogP contribution is -2.22. The summed E-state index contributed by atoms with van der Waals surface area (Å²) in [6.45, 7) is 4.11. The first kappa shape index (κ1) is 22.9. The second-order valence-electron chi connectivity index (χ2n) is 8.35. The summed E-state index contributed by atoms with van der Waals surface area (Å²) >= 11 is 6.56. The summed E-state index contributed by atoms with van der Waals surface area (Å²) in [6.07, 6.45) is 7.18. The van der Waals surface area contributed by atoms with Crippen LogP contribution in [0.15, 0.2) is 36.4 Å². The molecule has 1 fully saturated rings. The van der Waals surface area contributed by atoms with Gasteiger partial charge in [0, 0.05) is 23.1 Å². The predicted octanol–water partition coefficient (Wildman–Crippen LogP) is 4.32. The number of alkyl halides is 1. The number of aliphatic hydroxyl groups is 2. The SMILES string of the molecule is COC(=O)CCC/C=C/CC1C(Cl)CC(O)C1c1ccc(C(C)(C)CO)cc1. The largest absolute Gasteiger partial charge is 0.469 e. The first-order valence-corrected chi connectivity index (χ1v) is 10.5. The van der Waals surface area contributed by atoms with Gasteiger partial charge >= 0.3 is 5.97 Å². The van der Waals surface area contributed by atoms with E-state index >= 15 is 0 Å². The fourth-order valence-corrected chi connectivity index (χ4v) is 4.35. The smallest absolute Gasteiger partial charge is 0.305 e. The van der Waals surface area contributed by atoms with E-state index in [-0.39, 0.29) is 35.2 Å². The highest BCUT2D eigenvalue weighted by atomic mass is 35.5. The second kappa shape index (κ2) is 10.4. The van der Waals surface area contributed by atoms with Gasteiger partial charge in [-0.25, -0.2) is 0 Å². The van der Waals surface area contributed by atoms with Crippen molar-refractivity contribution in [2.45, 2.75) is 68.8 Å². The van der Waals surface area contributed by atoms with Gasteiger partial charge in [0.1, 0.15) is 0 Å². The van der Waals surface area contributed by atoms with E-state index in [1.54, 1.807) is 0 Å². The van der Waals surface area contributed by atoms with Gasteiger partial charge in [0.05, 0.1) is 19.8 Å². The zero-order chi connectivity index (χ0) is 20.7. The molecule has 2 N–H and O–H groups in total. The Morgan fingerprint density at radius 3 is 2.57 bits per heavy atom. The summed E-state index contributed by atoms with van der Waals surface area (Å²) in [6, 6.07) is 8.20. The number of halogens is 1. The molecule has 0 heterocycles. The maximum Gasteiger partial charge on any atom is 0.305 e. The van der Waals surface area contributed by atoms with E-state index < -0.39 is 6.10 Å². The quantitative estimate of drug-likeness (QED) is 0.276. The summed E-state index contributed by atoms with van der Waals surface area (Å²) < 4.78 is 4.64. The third-order valence-electron chi connectivity index (χ3n) is 5.83. The van der Waals surface area contributed by atoms with Crippen LogP contribution < -0.4 is 0 Å². The van der Waals surface area contributed by atoms with Crippen molar-refractivity contribution in [3.05, 3.63) is 47.5 Å². The Morgan fingerprint density at radius 2 is 1.96 bits per heavy atom. The van der Waals surface area contributed by atoms with Crippen LogP contribution >= 0.6 is 11.6 Å². The Bertz CT molecular complexity index is 653. The molecule has 4 nitrogen and oxygen atoms in total. The molecule has 5 heteroatoms. The van der Waals surface area contributed by atoms with Crippen molar-refractivity contribution >= 4 is 17.6 Å². The van der Waals surface area contributed by atoms with Crippen molar-refractivity contribution in [2.75, 3.05) is 13.7 Å². The molecule has 4 atom stereocenters. The number of carbonyl (C=O) groups excluding carboxylic acids is 1. The molecular formula is C23H33ClO4. The minimum atomic E-state index is -0.447. The number of rotatable bonds is 9. The number of unbranched alkanes of at least 4 members (excludes halogenated alkanes) is 1. The van der Waals surface area contributed by atoms with Crippen LogP contribution in [0.4, 0.5) is 0 Å². The standard InChI is InChI=1S/C23H33ClO4/c1-23(2,15-25)17-12-10-16(11-13-17)22-18(19(24)14-20(22)26)8-6-4-5-7-9-21(27)28-3/h4,6,10-13,18-20,22,25-26H,5,7-9,14-15H2,1-3H3/b6-4+. The van der Waals surface area contributed by atoms with Crippen LogP contribution in [0.2, 0.25) is 0 Å². The highest BCUT2D eigenvalue weighted by Gasteiger charge is 2.41. The minimum Gasteiger partial charge on any atom is -0.469 e. The zero-order valence-electron chi connectivity index (χ0n) is 17.1. The lowest BCUT2D eigenvalue weighted by Gasteiger charge is -2.26. The van der Waals surface area contributed by atoms with Crippen LogP contribution in [0.25, 0.3) is 0 Å². The van der Waals surface area contributed by atoms with Crippen molar-refractivity contribution in [1.29, 1.82) is 0 Å². The third-order valence-corrected chi connectivity index (χ3v) is 6.34. The molecule has 156 valence electrons. The van der Waals surface area contributed by atoms with Gasteiger partial charge in [0.2, 0.25) is 0 Å². The topological polar surface area (TPSA) is 66.8 Å². The number of benzene rings is 1. The van der Waals surface area contributed by atoms with E-state index in [4.69, 9.17) is 11.6 Å². The van der Waals surface area contributed by atoms with Crippen LogP contribution in [0.1, 0.15) is 63.0 Å². The monoisotopic (exact) mass is 408 g/mol. The first-order valence-electron chi connectivity index (χ1n) is 10.1. The van der Waals surface area contributed by atoms with Gasteiger partial charge in [-0.05, 0) is 42.7 Å². The van der Waals surface area contributed by atoms with E-state index in [1.165, 1.54) is 7.11 Å². The van der Waals surface area contributed by atoms with Gasteiger partial charge in [-0.2, -0.15) is 0 Å². The number of aliphatic hydroxyl groups excluding tert-OH is 2. The fraction of sp³-hybridized carbons (Fsp3) is 0.609. The molecule has 0 spiro atoms. The number of carbonyl (C=O) groups is 1. The molecule has 1 aromatic rings. The van der Waals surface area contributed by atoms with Crippen LogP contribution in [0.3, 0.4) is 0 Å². The van der Waals surface area contributed by atoms with Gasteiger partial charge in [-0.15, -0.1) is 11.6 Å². The number of hydrogen-bond acceptors (Lipinski definition) is 4. The van der Waals surface area contributed by atoms with E-state index in [0.717, 1.165) is 30.4 Å². The summed E-state index contributed by atoms with van der Waals surface area (Å²) in [4.78, 5) is 11.1. The maximum absolute atomic E-state index is 11.1. The van der Waals surface area contributed by atoms with Gasteiger partial charge < -0.3 is 14.9 Å². The third kappa shape index (κ3) is 5.82. The number of hydrogen-bond donors (Lipinski definition) is 2. The molecule has 4 unspecified atom stereocenters. The predicted molar refractivity (Wildman–Crippen MR) is 113 cm³/mol. The van der Waals surface area contributed by atoms with E-state index in [9.17, 15) is 15.0 Å². The van der Waals surface area contributed by atoms with E-state index in [0.29, 0.717) is 12.8 Å². The summed E-state index contributed by atoms with van der Waals surface area (Å²) in [5, 5.41) is 20.1. The van der Waals surface area contributed by atoms with Crippen LogP contribution in [0.5, 0.6) is 0 Å². The number of esters is 1. The maximum atomic E-state index is 11.1. The van der Waals surface area contributed by atoms with Gasteiger partial charge in [-0.3, -0.25) is 4.79 Å². The molecule has 0 radical (unpaired) electrons. The van der Waals surface area contributed by atoms with E-state index in [1.807, 2.05) is 26.0 Å². The molecule has 0 bridgehead atoms. The Hall–Kier alpha value is -1.36. The Labute approximate surface area is 173 Å². The second-order valence-corrected chi connectivity index (χ2v) is 8.91. The zero-order valence-corrected chi connectivity index (χ0v) is 17.9. The highest BCUT2D eigenvalue weighted by Crippen LogP contribution is 2.45. The molecule has 1 aliphatic rings. The van der Waals surface area contributed by atoms with Crippen molar-refractivity contribution in [3.63, 3.8) is 0 Å². The molecule has 0 amide bonds. The number of allylic oxidation sites excluding steroid dienone is 2. The van der Waals surface area contributed by atoms with Crippen LogP contribution in [-0.2, 0) is 14.9 Å². The summed E-state index contributed by atoms with van der Waals surface area (Å²) in [7, 11) is 1.40. The van der Waals surface area contributed by atoms with Crippen molar-refractivity contribution in [3.8, 4) is 0 Å². The van der Waals surface area contributed by atoms with Gasteiger partial charge in [0.25, 0.3) is 0 Å². The van der Waals surface area contributed by atoms with Gasteiger partial charge in [-0.1, -0.05) is 50.3 Å². The van der Waals surface area contributed by atoms with Crippen molar-refractivity contribution in [2.24, 2.45) is 5.92 Å². The molecule has 1 aliphatic carbocycles. The Morgan fingerprint density at radius 1 is 1.29 bits per heavy atom. The van der Waals surface area contributed by atoms with Crippen molar-refractivity contribution < 1.29 is 19.7 Å². The lowest BCUT2D eigenvalue weighted by atomic mass is 9.81. The van der Waals surface area contributed by atoms with E-state index in [2.05, 4.69) is 29.0 Å². The average Bonchev–Trinajstić information content (AvgIpc) is 2.97. The normalized spacial score (nSPS) is 25.4. The highest BCUT2D eigenvalue weighted by molar-refractivity contribution is 6.21. The summed E-state index contributed by atoms with van der Waals surface area (Å²) in [5.41, 5.74) is 1.89. The summed E-state index contributed by atoms with van der Waals surface area (Å²) in [5.74, 6) is -0.000224. The molecule has 28 heavy (non-hydrogen) atoms. The van der Waals surface area contributed by atoms with Crippen LogP contribution in [-0.4, -0.2) is 41.4 Å². The number of ether oxygens (including phenoxy) is 1. The molecule has 1 saturated carbocycles. The molecule has 0 saturated heterocycles. The molecular weight excluding hydrogens is 376 g/mol. The van der Waals surface area contributed by atoms with Crippen LogP contribution in [0, 0.1) is 5.92 Å². The average molecular weight is 409 g/mol. The molecule has 0 aromatic heterocycles. The Kier molecular flexibility index (Phi) is 8.54. The van der Waals surface area contributed by atoms with Crippen molar-refractivity contribution in [1.82, 2.24) is 0 Å².